The summed E-state index contributed by atoms with van der Waals surface area (Å²) in [6.07, 6.45) is 2.84. The van der Waals surface area contributed by atoms with Crippen LogP contribution >= 0.6 is 0 Å². The van der Waals surface area contributed by atoms with Gasteiger partial charge >= 0.3 is 0 Å². The van der Waals surface area contributed by atoms with Crippen molar-refractivity contribution in [2.24, 2.45) is 11.3 Å². The molecule has 1 saturated heterocycles. The summed E-state index contributed by atoms with van der Waals surface area (Å²) in [5.74, 6) is 0.334. The molecule has 98 valence electrons. The van der Waals surface area contributed by atoms with Crippen LogP contribution in [0.25, 0.3) is 0 Å². The third-order valence-electron chi connectivity index (χ3n) is 4.55. The maximum Gasteiger partial charge on any atom is 0.226 e. The predicted molar refractivity (Wildman–Crippen MR) is 66.6 cm³/mol. The average molecular weight is 240 g/mol. The Morgan fingerprint density at radius 2 is 2.12 bits per heavy atom. The molecule has 0 spiro atoms. The molecule has 1 heterocycles. The third kappa shape index (κ3) is 2.33. The molecule has 0 aromatic heterocycles. The number of hydrogen-bond acceptors (Lipinski definition) is 3. The van der Waals surface area contributed by atoms with Crippen LogP contribution < -0.4 is 5.32 Å². The van der Waals surface area contributed by atoms with Crippen LogP contribution in [0.15, 0.2) is 0 Å². The highest BCUT2D eigenvalue weighted by molar-refractivity contribution is 5.80. The number of rotatable bonds is 2. The van der Waals surface area contributed by atoms with Crippen LogP contribution in [0.2, 0.25) is 0 Å². The van der Waals surface area contributed by atoms with E-state index in [1.165, 1.54) is 0 Å². The van der Waals surface area contributed by atoms with Crippen molar-refractivity contribution in [3.63, 3.8) is 0 Å². The van der Waals surface area contributed by atoms with Crippen molar-refractivity contribution in [1.82, 2.24) is 10.2 Å². The molecule has 0 aromatic rings. The number of hydrogen-bond donors (Lipinski definition) is 2. The standard InChI is InChI=1S/C13H24N2O2/c1-13(2)6-4-5-9(13)12(17)15(3)10-7-14-8-11(10)16/h9-11,14,16H,4-8H2,1-3H3/t9?,10-,11-/m1/s1. The highest BCUT2D eigenvalue weighted by Crippen LogP contribution is 2.43. The van der Waals surface area contributed by atoms with E-state index in [0.29, 0.717) is 13.1 Å². The number of carbonyl (C=O) groups is 1. The molecule has 17 heavy (non-hydrogen) atoms. The zero-order valence-corrected chi connectivity index (χ0v) is 11.1. The lowest BCUT2D eigenvalue weighted by atomic mass is 9.81. The van der Waals surface area contributed by atoms with Gasteiger partial charge in [0.1, 0.15) is 0 Å². The lowest BCUT2D eigenvalue weighted by Gasteiger charge is -2.33. The summed E-state index contributed by atoms with van der Waals surface area (Å²) < 4.78 is 0. The molecule has 1 unspecified atom stereocenters. The van der Waals surface area contributed by atoms with E-state index in [0.717, 1.165) is 19.3 Å². The van der Waals surface area contributed by atoms with Crippen LogP contribution in [-0.2, 0) is 4.79 Å². The third-order valence-corrected chi connectivity index (χ3v) is 4.55. The molecule has 4 nitrogen and oxygen atoms in total. The molecular weight excluding hydrogens is 216 g/mol. The summed E-state index contributed by atoms with van der Waals surface area (Å²) in [7, 11) is 1.83. The molecule has 1 aliphatic heterocycles. The smallest absolute Gasteiger partial charge is 0.226 e. The van der Waals surface area contributed by atoms with Gasteiger partial charge in [0.05, 0.1) is 12.1 Å². The second-order valence-electron chi connectivity index (χ2n) is 6.18. The molecule has 2 fully saturated rings. The second kappa shape index (κ2) is 4.58. The van der Waals surface area contributed by atoms with Gasteiger partial charge in [0, 0.05) is 26.1 Å². The molecule has 2 aliphatic rings. The number of aliphatic hydroxyl groups is 1. The van der Waals surface area contributed by atoms with E-state index in [1.54, 1.807) is 4.90 Å². The number of β-amino-alcohol motifs (C(OH)–C–C–N with tert-alkyl or cyclic N) is 1. The summed E-state index contributed by atoms with van der Waals surface area (Å²) in [4.78, 5) is 14.2. The highest BCUT2D eigenvalue weighted by atomic mass is 16.3. The molecule has 1 saturated carbocycles. The number of nitrogens with one attached hydrogen (secondary N) is 1. The Kier molecular flexibility index (Phi) is 3.46. The molecule has 0 radical (unpaired) electrons. The zero-order chi connectivity index (χ0) is 12.6. The molecule has 3 atom stereocenters. The van der Waals surface area contributed by atoms with Crippen molar-refractivity contribution in [3.05, 3.63) is 0 Å². The van der Waals surface area contributed by atoms with Crippen molar-refractivity contribution < 1.29 is 9.90 Å². The van der Waals surface area contributed by atoms with Gasteiger partial charge in [0.15, 0.2) is 0 Å². The number of likely N-dealkylation sites (N-methyl/N-ethyl adjacent to an activating group) is 1. The minimum Gasteiger partial charge on any atom is -0.390 e. The predicted octanol–water partition coefficient (Wildman–Crippen LogP) is 0.604. The van der Waals surface area contributed by atoms with E-state index in [4.69, 9.17) is 0 Å². The summed E-state index contributed by atoms with van der Waals surface area (Å²) in [6.45, 7) is 5.66. The van der Waals surface area contributed by atoms with E-state index in [9.17, 15) is 9.90 Å². The first-order valence-electron chi connectivity index (χ1n) is 6.59. The van der Waals surface area contributed by atoms with E-state index >= 15 is 0 Å². The fraction of sp³-hybridized carbons (Fsp3) is 0.923. The first kappa shape index (κ1) is 12.8. The van der Waals surface area contributed by atoms with Crippen molar-refractivity contribution in [2.45, 2.75) is 45.3 Å². The maximum absolute atomic E-state index is 12.5. The Labute approximate surface area is 103 Å². The fourth-order valence-corrected chi connectivity index (χ4v) is 3.24. The van der Waals surface area contributed by atoms with E-state index < -0.39 is 6.10 Å². The van der Waals surface area contributed by atoms with E-state index in [1.807, 2.05) is 7.05 Å². The van der Waals surface area contributed by atoms with Crippen molar-refractivity contribution in [1.29, 1.82) is 0 Å². The van der Waals surface area contributed by atoms with Gasteiger partial charge in [-0.25, -0.2) is 0 Å². The topological polar surface area (TPSA) is 52.6 Å². The molecule has 1 aliphatic carbocycles. The first-order valence-corrected chi connectivity index (χ1v) is 6.59. The van der Waals surface area contributed by atoms with E-state index in [2.05, 4.69) is 19.2 Å². The van der Waals surface area contributed by atoms with Gasteiger partial charge in [-0.1, -0.05) is 20.3 Å². The van der Waals surface area contributed by atoms with Gasteiger partial charge in [-0.05, 0) is 18.3 Å². The second-order valence-corrected chi connectivity index (χ2v) is 6.18. The molecule has 0 aromatic carbocycles. The Morgan fingerprint density at radius 1 is 1.41 bits per heavy atom. The Bertz CT molecular complexity index is 304. The monoisotopic (exact) mass is 240 g/mol. The molecule has 1 amide bonds. The van der Waals surface area contributed by atoms with Gasteiger partial charge in [0.2, 0.25) is 5.91 Å². The molecular formula is C13H24N2O2. The largest absolute Gasteiger partial charge is 0.390 e. The molecule has 2 rings (SSSR count). The van der Waals surface area contributed by atoms with E-state index in [-0.39, 0.29) is 23.3 Å². The lowest BCUT2D eigenvalue weighted by Crippen LogP contribution is -2.48. The minimum atomic E-state index is -0.423. The van der Waals surface area contributed by atoms with Crippen LogP contribution in [0.5, 0.6) is 0 Å². The summed E-state index contributed by atoms with van der Waals surface area (Å²) in [5.41, 5.74) is 0.113. The Morgan fingerprint density at radius 3 is 2.59 bits per heavy atom. The Hall–Kier alpha value is -0.610. The van der Waals surface area contributed by atoms with Gasteiger partial charge in [-0.2, -0.15) is 0 Å². The first-order chi connectivity index (χ1) is 7.93. The van der Waals surface area contributed by atoms with Gasteiger partial charge in [-0.3, -0.25) is 4.79 Å². The highest BCUT2D eigenvalue weighted by Gasteiger charge is 2.43. The van der Waals surface area contributed by atoms with Crippen LogP contribution in [0.1, 0.15) is 33.1 Å². The number of carbonyl (C=O) groups excluding carboxylic acids is 1. The summed E-state index contributed by atoms with van der Waals surface area (Å²) >= 11 is 0. The van der Waals surface area contributed by atoms with Gasteiger partial charge < -0.3 is 15.3 Å². The SMILES string of the molecule is CN(C(=O)C1CCCC1(C)C)[C@@H]1CNC[C@H]1O. The maximum atomic E-state index is 12.5. The summed E-state index contributed by atoms with van der Waals surface area (Å²) in [5, 5.41) is 13.0. The fourth-order valence-electron chi connectivity index (χ4n) is 3.24. The normalized spacial score (nSPS) is 36.1. The van der Waals surface area contributed by atoms with Crippen LogP contribution in [-0.4, -0.2) is 48.2 Å². The summed E-state index contributed by atoms with van der Waals surface area (Å²) in [6, 6.07) is -0.0566. The molecule has 4 heteroatoms. The number of aliphatic hydroxyl groups excluding tert-OH is 1. The zero-order valence-electron chi connectivity index (χ0n) is 11.1. The average Bonchev–Trinajstić information content (AvgIpc) is 2.82. The van der Waals surface area contributed by atoms with Gasteiger partial charge in [0.25, 0.3) is 0 Å². The number of amides is 1. The minimum absolute atomic E-state index is 0.0566. The molecule has 0 bridgehead atoms. The van der Waals surface area contributed by atoms with Crippen LogP contribution in [0.3, 0.4) is 0 Å². The number of nitrogens with zero attached hydrogens (tertiary/aromatic N) is 1. The van der Waals surface area contributed by atoms with Crippen molar-refractivity contribution in [3.8, 4) is 0 Å². The Balaban J connectivity index is 2.04. The van der Waals surface area contributed by atoms with Gasteiger partial charge in [-0.15, -0.1) is 0 Å². The van der Waals surface area contributed by atoms with Crippen molar-refractivity contribution in [2.75, 3.05) is 20.1 Å². The van der Waals surface area contributed by atoms with Crippen LogP contribution in [0, 0.1) is 11.3 Å². The molecule has 2 N–H and O–H groups in total. The quantitative estimate of drug-likeness (QED) is 0.743. The van der Waals surface area contributed by atoms with Crippen molar-refractivity contribution >= 4 is 5.91 Å². The lowest BCUT2D eigenvalue weighted by molar-refractivity contribution is -0.140. The van der Waals surface area contributed by atoms with Crippen LogP contribution in [0.4, 0.5) is 0 Å².